The van der Waals surface area contributed by atoms with E-state index in [9.17, 15) is 4.79 Å². The predicted molar refractivity (Wildman–Crippen MR) is 80.9 cm³/mol. The Labute approximate surface area is 131 Å². The molecule has 1 N–H and O–H groups in total. The van der Waals surface area contributed by atoms with Crippen LogP contribution in [0.2, 0.25) is 0 Å². The summed E-state index contributed by atoms with van der Waals surface area (Å²) in [4.78, 5) is 23.0. The van der Waals surface area contributed by atoms with Gasteiger partial charge in [0.2, 0.25) is 5.89 Å². The molecule has 0 spiro atoms. The topological polar surface area (TPSA) is 93.9 Å². The molecule has 3 rings (SSSR count). The Morgan fingerprint density at radius 3 is 2.95 bits per heavy atom. The third-order valence-corrected chi connectivity index (χ3v) is 4.40. The van der Waals surface area contributed by atoms with Gasteiger partial charge in [-0.05, 0) is 19.3 Å². The highest BCUT2D eigenvalue weighted by Gasteiger charge is 2.22. The zero-order valence-electron chi connectivity index (χ0n) is 12.4. The monoisotopic (exact) mass is 322 g/mol. The Balaban J connectivity index is 1.63. The highest BCUT2D eigenvalue weighted by Crippen LogP contribution is 2.26. The van der Waals surface area contributed by atoms with E-state index in [0.717, 1.165) is 38.2 Å². The van der Waals surface area contributed by atoms with Crippen molar-refractivity contribution in [3.05, 3.63) is 33.8 Å². The van der Waals surface area contributed by atoms with Crippen LogP contribution in [-0.2, 0) is 16.9 Å². The van der Waals surface area contributed by atoms with Crippen molar-refractivity contribution in [2.45, 2.75) is 43.0 Å². The molecule has 8 heteroatoms. The summed E-state index contributed by atoms with van der Waals surface area (Å²) in [6, 6.07) is 1.52. The van der Waals surface area contributed by atoms with Gasteiger partial charge in [-0.1, -0.05) is 23.8 Å². The molecule has 1 aliphatic heterocycles. The van der Waals surface area contributed by atoms with Crippen molar-refractivity contribution >= 4 is 11.8 Å². The van der Waals surface area contributed by atoms with Crippen LogP contribution in [0.25, 0.3) is 0 Å². The molecular weight excluding hydrogens is 304 g/mol. The van der Waals surface area contributed by atoms with E-state index >= 15 is 0 Å². The number of rotatable bonds is 5. The molecule has 0 aromatic carbocycles. The Bertz CT molecular complexity index is 679. The zero-order valence-corrected chi connectivity index (χ0v) is 13.2. The van der Waals surface area contributed by atoms with Crippen LogP contribution in [0.5, 0.6) is 0 Å². The number of ether oxygens (including phenoxy) is 1. The van der Waals surface area contributed by atoms with Crippen LogP contribution < -0.4 is 5.56 Å². The maximum atomic E-state index is 11.5. The molecule has 2 aromatic heterocycles. The Kier molecular flexibility index (Phi) is 4.89. The summed E-state index contributed by atoms with van der Waals surface area (Å²) in [5, 5.41) is 4.59. The predicted octanol–water partition coefficient (Wildman–Crippen LogP) is 1.90. The number of nitrogens with zero attached hydrogens (tertiary/aromatic N) is 3. The van der Waals surface area contributed by atoms with Crippen molar-refractivity contribution in [2.75, 3.05) is 13.2 Å². The maximum Gasteiger partial charge on any atom is 0.251 e. The smallest absolute Gasteiger partial charge is 0.251 e. The van der Waals surface area contributed by atoms with Crippen LogP contribution in [0.15, 0.2) is 20.5 Å². The van der Waals surface area contributed by atoms with Crippen molar-refractivity contribution in [1.82, 2.24) is 20.1 Å². The number of nitrogens with one attached hydrogen (secondary N) is 1. The van der Waals surface area contributed by atoms with Crippen LogP contribution in [0.1, 0.15) is 43.1 Å². The van der Waals surface area contributed by atoms with E-state index in [0.29, 0.717) is 28.5 Å². The molecule has 1 fully saturated rings. The lowest BCUT2D eigenvalue weighted by Gasteiger charge is -2.17. The van der Waals surface area contributed by atoms with Crippen LogP contribution in [0, 0.1) is 0 Å². The Morgan fingerprint density at radius 2 is 2.18 bits per heavy atom. The van der Waals surface area contributed by atoms with Gasteiger partial charge in [0.05, 0.1) is 5.75 Å². The Hall–Kier alpha value is -1.67. The van der Waals surface area contributed by atoms with Crippen LogP contribution in [-0.4, -0.2) is 33.3 Å². The number of aryl methyl sites for hydroxylation is 1. The van der Waals surface area contributed by atoms with Gasteiger partial charge in [-0.15, -0.1) is 0 Å². The second-order valence-corrected chi connectivity index (χ2v) is 6.08. The average Bonchev–Trinajstić information content (AvgIpc) is 3.02. The molecule has 22 heavy (non-hydrogen) atoms. The van der Waals surface area contributed by atoms with Gasteiger partial charge in [-0.25, -0.2) is 4.98 Å². The van der Waals surface area contributed by atoms with Gasteiger partial charge in [-0.2, -0.15) is 4.98 Å². The lowest BCUT2D eigenvalue weighted by molar-refractivity contribution is 0.0778. The number of aromatic nitrogens is 4. The fraction of sp³-hybridized carbons (Fsp3) is 0.571. The first-order valence-corrected chi connectivity index (χ1v) is 8.36. The van der Waals surface area contributed by atoms with Crippen molar-refractivity contribution in [3.8, 4) is 0 Å². The van der Waals surface area contributed by atoms with Gasteiger partial charge in [0.15, 0.2) is 11.0 Å². The summed E-state index contributed by atoms with van der Waals surface area (Å²) < 4.78 is 10.7. The van der Waals surface area contributed by atoms with Gasteiger partial charge in [0.1, 0.15) is 0 Å². The first kappa shape index (κ1) is 15.2. The first-order valence-electron chi connectivity index (χ1n) is 7.38. The van der Waals surface area contributed by atoms with Crippen molar-refractivity contribution in [3.63, 3.8) is 0 Å². The minimum atomic E-state index is -0.134. The summed E-state index contributed by atoms with van der Waals surface area (Å²) in [5.74, 6) is 2.11. The molecule has 7 nitrogen and oxygen atoms in total. The summed E-state index contributed by atoms with van der Waals surface area (Å²) >= 11 is 1.40. The molecule has 0 radical (unpaired) electrons. The largest absolute Gasteiger partial charge is 0.381 e. The molecule has 0 atom stereocenters. The minimum Gasteiger partial charge on any atom is -0.381 e. The molecule has 1 saturated heterocycles. The lowest BCUT2D eigenvalue weighted by atomic mass is 10.0. The van der Waals surface area contributed by atoms with E-state index in [-0.39, 0.29) is 5.56 Å². The number of thioether (sulfide) groups is 1. The third-order valence-electron chi connectivity index (χ3n) is 3.53. The molecular formula is C14H18N4O3S. The van der Waals surface area contributed by atoms with Crippen LogP contribution in [0.3, 0.4) is 0 Å². The van der Waals surface area contributed by atoms with Crippen molar-refractivity contribution in [2.24, 2.45) is 0 Å². The molecule has 0 aliphatic carbocycles. The summed E-state index contributed by atoms with van der Waals surface area (Å²) in [5.41, 5.74) is 0.646. The second-order valence-electron chi connectivity index (χ2n) is 5.12. The lowest BCUT2D eigenvalue weighted by Crippen LogP contribution is -2.14. The van der Waals surface area contributed by atoms with Gasteiger partial charge in [0, 0.05) is 30.9 Å². The number of H-pyrrole nitrogens is 1. The van der Waals surface area contributed by atoms with Gasteiger partial charge in [-0.3, -0.25) is 4.79 Å². The van der Waals surface area contributed by atoms with E-state index in [1.54, 1.807) is 0 Å². The Morgan fingerprint density at radius 1 is 1.36 bits per heavy atom. The molecule has 3 heterocycles. The van der Waals surface area contributed by atoms with E-state index in [4.69, 9.17) is 9.26 Å². The molecule has 0 amide bonds. The number of aromatic amines is 1. The zero-order chi connectivity index (χ0) is 15.4. The van der Waals surface area contributed by atoms with Gasteiger partial charge >= 0.3 is 0 Å². The highest BCUT2D eigenvalue weighted by atomic mass is 32.2. The quantitative estimate of drug-likeness (QED) is 0.663. The standard InChI is InChI=1S/C14H18N4O3S/c1-2-10-7-12(19)17-14(15-10)22-8-11-16-13(21-18-11)9-3-5-20-6-4-9/h7,9H,2-6,8H2,1H3,(H,15,17,19). The normalized spacial score (nSPS) is 16.0. The van der Waals surface area contributed by atoms with Gasteiger partial charge in [0.25, 0.3) is 5.56 Å². The van der Waals surface area contributed by atoms with E-state index < -0.39 is 0 Å². The van der Waals surface area contributed by atoms with Crippen LogP contribution in [0.4, 0.5) is 0 Å². The fourth-order valence-corrected chi connectivity index (χ4v) is 3.04. The SMILES string of the molecule is CCc1cc(=O)[nH]c(SCc2noc(C3CCOCC3)n2)n1. The molecule has 0 bridgehead atoms. The van der Waals surface area contributed by atoms with Crippen LogP contribution >= 0.6 is 11.8 Å². The summed E-state index contributed by atoms with van der Waals surface area (Å²) in [6.45, 7) is 3.45. The van der Waals surface area contributed by atoms with Crippen molar-refractivity contribution < 1.29 is 9.26 Å². The molecule has 1 aliphatic rings. The molecule has 0 saturated carbocycles. The van der Waals surface area contributed by atoms with E-state index in [1.165, 1.54) is 17.8 Å². The maximum absolute atomic E-state index is 11.5. The summed E-state index contributed by atoms with van der Waals surface area (Å²) in [6.07, 6.45) is 2.57. The van der Waals surface area contributed by atoms with E-state index in [1.807, 2.05) is 6.92 Å². The average molecular weight is 322 g/mol. The number of hydrogen-bond donors (Lipinski definition) is 1. The summed E-state index contributed by atoms with van der Waals surface area (Å²) in [7, 11) is 0. The molecule has 0 unspecified atom stereocenters. The van der Waals surface area contributed by atoms with Gasteiger partial charge < -0.3 is 14.2 Å². The molecule has 2 aromatic rings. The minimum absolute atomic E-state index is 0.134. The molecule has 118 valence electrons. The first-order chi connectivity index (χ1) is 10.7. The van der Waals surface area contributed by atoms with Crippen molar-refractivity contribution in [1.29, 1.82) is 0 Å². The highest BCUT2D eigenvalue weighted by molar-refractivity contribution is 7.98. The third kappa shape index (κ3) is 3.75. The number of hydrogen-bond acceptors (Lipinski definition) is 7. The fourth-order valence-electron chi connectivity index (χ4n) is 2.30. The second kappa shape index (κ2) is 7.06. The van der Waals surface area contributed by atoms with E-state index in [2.05, 4.69) is 20.1 Å².